The molecule has 1 fully saturated rings. The minimum Gasteiger partial charge on any atom is -0.465 e. The van der Waals surface area contributed by atoms with Crippen molar-refractivity contribution in [2.75, 3.05) is 13.2 Å². The Morgan fingerprint density at radius 3 is 2.69 bits per heavy atom. The molecule has 74 valence electrons. The van der Waals surface area contributed by atoms with Crippen molar-refractivity contribution in [3.8, 4) is 0 Å². The molecule has 0 aromatic heterocycles. The van der Waals surface area contributed by atoms with Crippen LogP contribution in [0, 0.1) is 5.92 Å². The van der Waals surface area contributed by atoms with Crippen molar-refractivity contribution in [1.82, 2.24) is 5.32 Å². The minimum absolute atomic E-state index is 0.0778. The van der Waals surface area contributed by atoms with Gasteiger partial charge in [-0.3, -0.25) is 9.59 Å². The average molecular weight is 185 g/mol. The van der Waals surface area contributed by atoms with Crippen LogP contribution in [0.3, 0.4) is 0 Å². The van der Waals surface area contributed by atoms with Gasteiger partial charge in [0.05, 0.1) is 12.1 Å². The monoisotopic (exact) mass is 185 g/mol. The van der Waals surface area contributed by atoms with E-state index >= 15 is 0 Å². The lowest BCUT2D eigenvalue weighted by Crippen LogP contribution is -2.39. The molecule has 4 nitrogen and oxygen atoms in total. The van der Waals surface area contributed by atoms with Gasteiger partial charge in [-0.15, -0.1) is 0 Å². The summed E-state index contributed by atoms with van der Waals surface area (Å²) in [6.45, 7) is 5.99. The summed E-state index contributed by atoms with van der Waals surface area (Å²) in [6, 6.07) is 0. The predicted octanol–water partition coefficient (Wildman–Crippen LogP) is 0.117. The van der Waals surface area contributed by atoms with Gasteiger partial charge in [-0.1, -0.05) is 0 Å². The fourth-order valence-corrected chi connectivity index (χ4v) is 1.41. The van der Waals surface area contributed by atoms with E-state index in [4.69, 9.17) is 4.74 Å². The molecule has 0 radical (unpaired) electrons. The van der Waals surface area contributed by atoms with Gasteiger partial charge in [0.2, 0.25) is 0 Å². The fourth-order valence-electron chi connectivity index (χ4n) is 1.41. The normalized spacial score (nSPS) is 26.1. The number of ketones is 1. The lowest BCUT2D eigenvalue weighted by molar-refractivity contribution is -0.150. The van der Waals surface area contributed by atoms with Crippen LogP contribution in [0.15, 0.2) is 0 Å². The number of hydrogen-bond donors (Lipinski definition) is 1. The first-order chi connectivity index (χ1) is 5.99. The van der Waals surface area contributed by atoms with Gasteiger partial charge in [0.25, 0.3) is 0 Å². The third-order valence-corrected chi connectivity index (χ3v) is 2.25. The number of Topliss-reactive ketones (excluding diaryl/α,β-unsaturated/α-hetero) is 1. The maximum atomic E-state index is 11.6. The molecule has 0 aromatic rings. The molecule has 1 heterocycles. The van der Waals surface area contributed by atoms with Gasteiger partial charge in [0.15, 0.2) is 5.78 Å². The summed E-state index contributed by atoms with van der Waals surface area (Å²) in [5.41, 5.74) is -0.586. The third kappa shape index (κ3) is 1.88. The van der Waals surface area contributed by atoms with Crippen LogP contribution >= 0.6 is 0 Å². The quantitative estimate of drug-likeness (QED) is 0.490. The Balaban J connectivity index is 2.65. The second-order valence-electron chi connectivity index (χ2n) is 3.67. The van der Waals surface area contributed by atoms with E-state index in [1.807, 2.05) is 0 Å². The second kappa shape index (κ2) is 3.46. The number of nitrogens with one attached hydrogen (secondary N) is 1. The Kier molecular flexibility index (Phi) is 2.71. The lowest BCUT2D eigenvalue weighted by Gasteiger charge is -2.15. The molecule has 1 rings (SSSR count). The topological polar surface area (TPSA) is 55.4 Å². The van der Waals surface area contributed by atoms with Crippen LogP contribution in [0.5, 0.6) is 0 Å². The number of carbonyl (C=O) groups is 2. The highest BCUT2D eigenvalue weighted by Gasteiger charge is 2.44. The second-order valence-corrected chi connectivity index (χ2v) is 3.67. The van der Waals surface area contributed by atoms with Crippen LogP contribution in [0.1, 0.15) is 20.8 Å². The molecule has 13 heavy (non-hydrogen) atoms. The Morgan fingerprint density at radius 2 is 2.31 bits per heavy atom. The van der Waals surface area contributed by atoms with Crippen molar-refractivity contribution in [1.29, 1.82) is 0 Å². The number of rotatable bonds is 2. The zero-order valence-electron chi connectivity index (χ0n) is 8.22. The van der Waals surface area contributed by atoms with Gasteiger partial charge in [0, 0.05) is 6.54 Å². The van der Waals surface area contributed by atoms with Crippen molar-refractivity contribution < 1.29 is 14.3 Å². The summed E-state index contributed by atoms with van der Waals surface area (Å²) in [5, 5.41) is 2.98. The molecular formula is C9H15NO3. The summed E-state index contributed by atoms with van der Waals surface area (Å²) in [6.07, 6.45) is 0. The molecule has 0 aliphatic carbocycles. The first-order valence-corrected chi connectivity index (χ1v) is 4.45. The summed E-state index contributed by atoms with van der Waals surface area (Å²) < 4.78 is 4.79. The Morgan fingerprint density at radius 1 is 1.69 bits per heavy atom. The first kappa shape index (κ1) is 10.2. The molecule has 0 spiro atoms. The van der Waals surface area contributed by atoms with Crippen molar-refractivity contribution >= 4 is 11.8 Å². The van der Waals surface area contributed by atoms with E-state index in [0.717, 1.165) is 0 Å². The summed E-state index contributed by atoms with van der Waals surface area (Å²) in [4.78, 5) is 22.8. The van der Waals surface area contributed by atoms with Gasteiger partial charge in [0.1, 0.15) is 5.92 Å². The van der Waals surface area contributed by atoms with Gasteiger partial charge >= 0.3 is 5.97 Å². The molecule has 4 heteroatoms. The smallest absolute Gasteiger partial charge is 0.317 e. The van der Waals surface area contributed by atoms with Crippen molar-refractivity contribution in [2.45, 2.75) is 26.3 Å². The predicted molar refractivity (Wildman–Crippen MR) is 47.2 cm³/mol. The number of esters is 1. The van der Waals surface area contributed by atoms with Crippen LogP contribution in [0.2, 0.25) is 0 Å². The average Bonchev–Trinajstić information content (AvgIpc) is 2.28. The Bertz CT molecular complexity index is 235. The molecule has 0 bridgehead atoms. The van der Waals surface area contributed by atoms with Crippen molar-refractivity contribution in [3.63, 3.8) is 0 Å². The van der Waals surface area contributed by atoms with Gasteiger partial charge in [-0.25, -0.2) is 0 Å². The van der Waals surface area contributed by atoms with E-state index in [9.17, 15) is 9.59 Å². The molecule has 1 aliphatic heterocycles. The van der Waals surface area contributed by atoms with Crippen LogP contribution in [0.25, 0.3) is 0 Å². The number of hydrogen-bond acceptors (Lipinski definition) is 4. The van der Waals surface area contributed by atoms with Gasteiger partial charge < -0.3 is 10.1 Å². The summed E-state index contributed by atoms with van der Waals surface area (Å²) >= 11 is 0. The highest BCUT2D eigenvalue weighted by atomic mass is 16.5. The molecule has 1 aliphatic rings. The largest absolute Gasteiger partial charge is 0.465 e. The highest BCUT2D eigenvalue weighted by Crippen LogP contribution is 2.20. The SMILES string of the molecule is CCOC(=O)C1CNC(C)(C)C1=O. The molecule has 0 saturated carbocycles. The highest BCUT2D eigenvalue weighted by molar-refractivity contribution is 6.05. The first-order valence-electron chi connectivity index (χ1n) is 4.45. The van der Waals surface area contributed by atoms with Crippen LogP contribution in [0.4, 0.5) is 0 Å². The van der Waals surface area contributed by atoms with Crippen LogP contribution in [-0.2, 0) is 14.3 Å². The molecule has 0 amide bonds. The summed E-state index contributed by atoms with van der Waals surface area (Å²) in [7, 11) is 0. The maximum Gasteiger partial charge on any atom is 0.317 e. The Hall–Kier alpha value is -0.900. The minimum atomic E-state index is -0.616. The van der Waals surface area contributed by atoms with Crippen LogP contribution in [-0.4, -0.2) is 30.4 Å². The lowest BCUT2D eigenvalue weighted by atomic mass is 9.95. The van der Waals surface area contributed by atoms with E-state index in [2.05, 4.69) is 5.32 Å². The van der Waals surface area contributed by atoms with Gasteiger partial charge in [-0.05, 0) is 20.8 Å². The van der Waals surface area contributed by atoms with E-state index in [1.54, 1.807) is 20.8 Å². The van der Waals surface area contributed by atoms with E-state index in [-0.39, 0.29) is 5.78 Å². The van der Waals surface area contributed by atoms with Crippen molar-refractivity contribution in [2.24, 2.45) is 5.92 Å². The number of ether oxygens (including phenoxy) is 1. The third-order valence-electron chi connectivity index (χ3n) is 2.25. The molecule has 1 N–H and O–H groups in total. The van der Waals surface area contributed by atoms with E-state index in [1.165, 1.54) is 0 Å². The zero-order chi connectivity index (χ0) is 10.1. The van der Waals surface area contributed by atoms with Crippen LogP contribution < -0.4 is 5.32 Å². The molecule has 0 aromatic carbocycles. The maximum absolute atomic E-state index is 11.6. The van der Waals surface area contributed by atoms with E-state index < -0.39 is 17.4 Å². The summed E-state index contributed by atoms with van der Waals surface area (Å²) in [5.74, 6) is -1.11. The zero-order valence-corrected chi connectivity index (χ0v) is 8.22. The standard InChI is InChI=1S/C9H15NO3/c1-4-13-8(12)6-5-10-9(2,3)7(6)11/h6,10H,4-5H2,1-3H3. The molecule has 1 atom stereocenters. The number of carbonyl (C=O) groups excluding carboxylic acids is 2. The van der Waals surface area contributed by atoms with E-state index in [0.29, 0.717) is 13.2 Å². The molecular weight excluding hydrogens is 170 g/mol. The molecule has 1 unspecified atom stereocenters. The molecule has 1 saturated heterocycles. The van der Waals surface area contributed by atoms with Gasteiger partial charge in [-0.2, -0.15) is 0 Å². The fraction of sp³-hybridized carbons (Fsp3) is 0.778. The Labute approximate surface area is 77.6 Å². The van der Waals surface area contributed by atoms with Crippen molar-refractivity contribution in [3.05, 3.63) is 0 Å².